The first-order valence-corrected chi connectivity index (χ1v) is 6.90. The Balaban J connectivity index is 1.93. The average molecular weight is 294 g/mol. The lowest BCUT2D eigenvalue weighted by Gasteiger charge is -2.02. The van der Waals surface area contributed by atoms with Gasteiger partial charge < -0.3 is 4.74 Å². The number of carbonyl (C=O) groups excluding carboxylic acids is 1. The van der Waals surface area contributed by atoms with Gasteiger partial charge in [0.15, 0.2) is 0 Å². The van der Waals surface area contributed by atoms with Crippen molar-refractivity contribution in [3.8, 4) is 5.75 Å². The number of hydrazone groups is 1. The normalized spacial score (nSPS) is 11.5. The van der Waals surface area contributed by atoms with Crippen LogP contribution in [0.25, 0.3) is 6.08 Å². The van der Waals surface area contributed by atoms with E-state index in [1.807, 2.05) is 43.3 Å². The minimum atomic E-state index is -0.258. The fraction of sp³-hybridized carbons (Fsp3) is 0.111. The summed E-state index contributed by atoms with van der Waals surface area (Å²) in [6.07, 6.45) is 3.61. The van der Waals surface area contributed by atoms with Crippen LogP contribution in [0.3, 0.4) is 0 Å². The maximum absolute atomic E-state index is 11.9. The van der Waals surface area contributed by atoms with Gasteiger partial charge >= 0.3 is 0 Å². The maximum Gasteiger partial charge on any atom is 0.271 e. The van der Waals surface area contributed by atoms with Gasteiger partial charge in [0, 0.05) is 5.56 Å². The Morgan fingerprint density at radius 1 is 1.09 bits per heavy atom. The van der Waals surface area contributed by atoms with E-state index >= 15 is 0 Å². The van der Waals surface area contributed by atoms with Crippen LogP contribution in [0.5, 0.6) is 5.75 Å². The molecule has 1 N–H and O–H groups in total. The molecule has 0 aromatic heterocycles. The van der Waals surface area contributed by atoms with Crippen LogP contribution in [0.4, 0.5) is 0 Å². The first kappa shape index (κ1) is 15.5. The van der Waals surface area contributed by atoms with E-state index in [0.29, 0.717) is 11.3 Å². The van der Waals surface area contributed by atoms with Crippen molar-refractivity contribution >= 4 is 18.2 Å². The highest BCUT2D eigenvalue weighted by atomic mass is 16.5. The molecule has 0 aliphatic carbocycles. The number of nitrogens with one attached hydrogen (secondary N) is 1. The van der Waals surface area contributed by atoms with Gasteiger partial charge in [-0.15, -0.1) is 0 Å². The second kappa shape index (κ2) is 7.78. The number of allylic oxidation sites excluding steroid dienone is 1. The monoisotopic (exact) mass is 294 g/mol. The number of benzene rings is 2. The zero-order valence-corrected chi connectivity index (χ0v) is 12.6. The first-order chi connectivity index (χ1) is 10.7. The number of hydrogen-bond acceptors (Lipinski definition) is 3. The van der Waals surface area contributed by atoms with Crippen molar-refractivity contribution in [1.29, 1.82) is 0 Å². The Morgan fingerprint density at radius 3 is 2.41 bits per heavy atom. The van der Waals surface area contributed by atoms with Gasteiger partial charge in [0.1, 0.15) is 5.75 Å². The van der Waals surface area contributed by atoms with Gasteiger partial charge in [0.05, 0.1) is 13.3 Å². The second-order valence-electron chi connectivity index (χ2n) is 4.73. The van der Waals surface area contributed by atoms with Crippen LogP contribution in [0, 0.1) is 0 Å². The molecule has 0 unspecified atom stereocenters. The molecule has 0 heterocycles. The van der Waals surface area contributed by atoms with E-state index in [1.54, 1.807) is 37.6 Å². The topological polar surface area (TPSA) is 50.7 Å². The van der Waals surface area contributed by atoms with Crippen molar-refractivity contribution in [2.45, 2.75) is 6.92 Å². The molecule has 0 aliphatic heterocycles. The molecule has 22 heavy (non-hydrogen) atoms. The van der Waals surface area contributed by atoms with Crippen molar-refractivity contribution < 1.29 is 9.53 Å². The van der Waals surface area contributed by atoms with E-state index in [-0.39, 0.29) is 5.91 Å². The van der Waals surface area contributed by atoms with E-state index in [1.165, 1.54) is 0 Å². The van der Waals surface area contributed by atoms with Gasteiger partial charge in [-0.2, -0.15) is 5.10 Å². The number of rotatable bonds is 5. The summed E-state index contributed by atoms with van der Waals surface area (Å²) in [5.41, 5.74) is 5.07. The Hall–Kier alpha value is -2.88. The minimum Gasteiger partial charge on any atom is -0.497 e. The van der Waals surface area contributed by atoms with Crippen molar-refractivity contribution in [2.75, 3.05) is 7.11 Å². The largest absolute Gasteiger partial charge is 0.497 e. The molecular weight excluding hydrogens is 276 g/mol. The predicted molar refractivity (Wildman–Crippen MR) is 89.0 cm³/mol. The number of methoxy groups -OCH3 is 1. The highest BCUT2D eigenvalue weighted by molar-refractivity contribution is 5.95. The summed E-state index contributed by atoms with van der Waals surface area (Å²) in [6, 6.07) is 16.8. The molecular formula is C18H18N2O2. The van der Waals surface area contributed by atoms with Crippen LogP contribution in [0.2, 0.25) is 0 Å². The average Bonchev–Trinajstić information content (AvgIpc) is 2.55. The van der Waals surface area contributed by atoms with Gasteiger partial charge in [-0.05, 0) is 42.3 Å². The third-order valence-corrected chi connectivity index (χ3v) is 2.98. The van der Waals surface area contributed by atoms with Crippen LogP contribution in [0.1, 0.15) is 22.8 Å². The summed E-state index contributed by atoms with van der Waals surface area (Å²) in [7, 11) is 1.58. The Labute approximate surface area is 130 Å². The third kappa shape index (κ3) is 4.59. The highest BCUT2D eigenvalue weighted by Crippen LogP contribution is 2.11. The molecule has 2 aromatic carbocycles. The SMILES string of the molecule is COc1ccc(C(=O)N/N=C/C(C)=C/c2ccccc2)cc1. The van der Waals surface area contributed by atoms with Gasteiger partial charge in [-0.1, -0.05) is 36.4 Å². The van der Waals surface area contributed by atoms with Crippen molar-refractivity contribution in [3.05, 3.63) is 71.3 Å². The van der Waals surface area contributed by atoms with Crippen molar-refractivity contribution in [3.63, 3.8) is 0 Å². The molecule has 4 nitrogen and oxygen atoms in total. The fourth-order valence-electron chi connectivity index (χ4n) is 1.85. The summed E-state index contributed by atoms with van der Waals surface area (Å²) < 4.78 is 5.05. The molecule has 0 saturated carbocycles. The standard InChI is InChI=1S/C18H18N2O2/c1-14(12-15-6-4-3-5-7-15)13-19-20-18(21)16-8-10-17(22-2)11-9-16/h3-13H,1-2H3,(H,20,21)/b14-12+,19-13+. The molecule has 0 bridgehead atoms. The lowest BCUT2D eigenvalue weighted by Crippen LogP contribution is -2.17. The van der Waals surface area contributed by atoms with Crippen LogP contribution in [0.15, 0.2) is 65.3 Å². The molecule has 0 spiro atoms. The molecule has 4 heteroatoms. The molecule has 0 aliphatic rings. The molecule has 0 atom stereocenters. The zero-order chi connectivity index (χ0) is 15.8. The lowest BCUT2D eigenvalue weighted by atomic mass is 10.1. The van der Waals surface area contributed by atoms with Gasteiger partial charge in [0.2, 0.25) is 0 Å². The minimum absolute atomic E-state index is 0.258. The van der Waals surface area contributed by atoms with Crippen LogP contribution < -0.4 is 10.2 Å². The van der Waals surface area contributed by atoms with E-state index in [4.69, 9.17) is 4.74 Å². The first-order valence-electron chi connectivity index (χ1n) is 6.90. The molecule has 1 amide bonds. The second-order valence-corrected chi connectivity index (χ2v) is 4.73. The number of ether oxygens (including phenoxy) is 1. The predicted octanol–water partition coefficient (Wildman–Crippen LogP) is 3.51. The van der Waals surface area contributed by atoms with Crippen molar-refractivity contribution in [2.24, 2.45) is 5.10 Å². The number of amides is 1. The molecule has 112 valence electrons. The van der Waals surface area contributed by atoms with E-state index in [2.05, 4.69) is 10.5 Å². The summed E-state index contributed by atoms with van der Waals surface area (Å²) in [4.78, 5) is 11.9. The number of carbonyl (C=O) groups is 1. The Bertz CT molecular complexity index is 674. The summed E-state index contributed by atoms with van der Waals surface area (Å²) >= 11 is 0. The highest BCUT2D eigenvalue weighted by Gasteiger charge is 2.03. The van der Waals surface area contributed by atoms with Crippen LogP contribution >= 0.6 is 0 Å². The van der Waals surface area contributed by atoms with Crippen LogP contribution in [-0.4, -0.2) is 19.2 Å². The molecule has 0 saturated heterocycles. The maximum atomic E-state index is 11.9. The Morgan fingerprint density at radius 2 is 1.77 bits per heavy atom. The van der Waals surface area contributed by atoms with Gasteiger partial charge in [0.25, 0.3) is 5.91 Å². The molecule has 2 aromatic rings. The van der Waals surface area contributed by atoms with E-state index in [0.717, 1.165) is 11.1 Å². The van der Waals surface area contributed by atoms with Gasteiger partial charge in [-0.25, -0.2) is 5.43 Å². The van der Waals surface area contributed by atoms with E-state index < -0.39 is 0 Å². The fourth-order valence-corrected chi connectivity index (χ4v) is 1.85. The van der Waals surface area contributed by atoms with Crippen LogP contribution in [-0.2, 0) is 0 Å². The lowest BCUT2D eigenvalue weighted by molar-refractivity contribution is 0.0955. The quantitative estimate of drug-likeness (QED) is 0.677. The molecule has 2 rings (SSSR count). The van der Waals surface area contributed by atoms with Crippen molar-refractivity contribution in [1.82, 2.24) is 5.43 Å². The smallest absolute Gasteiger partial charge is 0.271 e. The summed E-state index contributed by atoms with van der Waals surface area (Å²) in [5.74, 6) is 0.452. The molecule has 0 radical (unpaired) electrons. The zero-order valence-electron chi connectivity index (χ0n) is 12.6. The molecule has 0 fully saturated rings. The number of nitrogens with zero attached hydrogens (tertiary/aromatic N) is 1. The third-order valence-electron chi connectivity index (χ3n) is 2.98. The summed E-state index contributed by atoms with van der Waals surface area (Å²) in [5, 5.41) is 3.96. The van der Waals surface area contributed by atoms with E-state index in [9.17, 15) is 4.79 Å². The number of hydrogen-bond donors (Lipinski definition) is 1. The van der Waals surface area contributed by atoms with Gasteiger partial charge in [-0.3, -0.25) is 4.79 Å². The summed E-state index contributed by atoms with van der Waals surface area (Å²) in [6.45, 7) is 1.93. The Kier molecular flexibility index (Phi) is 5.49.